The van der Waals surface area contributed by atoms with Gasteiger partial charge in [-0.2, -0.15) is 5.10 Å². The van der Waals surface area contributed by atoms with Gasteiger partial charge in [-0.25, -0.2) is 0 Å². The molecular weight excluding hydrogens is 352 g/mol. The van der Waals surface area contributed by atoms with E-state index in [1.807, 2.05) is 0 Å². The van der Waals surface area contributed by atoms with E-state index in [1.54, 1.807) is 0 Å². The summed E-state index contributed by atoms with van der Waals surface area (Å²) in [6, 6.07) is 3.53. The van der Waals surface area contributed by atoms with E-state index in [0.29, 0.717) is 11.5 Å². The predicted molar refractivity (Wildman–Crippen MR) is 96.7 cm³/mol. The van der Waals surface area contributed by atoms with Crippen LogP contribution in [0.25, 0.3) is 0 Å². The second-order valence-corrected chi connectivity index (χ2v) is 8.27. The molecule has 4 atom stereocenters. The van der Waals surface area contributed by atoms with Gasteiger partial charge in [-0.15, -0.1) is 0 Å². The first-order chi connectivity index (χ1) is 12.9. The van der Waals surface area contributed by atoms with Crippen molar-refractivity contribution in [2.75, 3.05) is 5.43 Å². The quantitative estimate of drug-likeness (QED) is 0.634. The minimum atomic E-state index is -0.648. The summed E-state index contributed by atoms with van der Waals surface area (Å²) in [7, 11) is 0. The molecule has 4 fully saturated rings. The minimum Gasteiger partial charge on any atom is -0.368 e. The van der Waals surface area contributed by atoms with Gasteiger partial charge in [0.05, 0.1) is 33.8 Å². The highest BCUT2D eigenvalue weighted by molar-refractivity contribution is 5.92. The summed E-state index contributed by atoms with van der Waals surface area (Å²) in [4.78, 5) is 20.9. The molecule has 5 rings (SSSR count). The molecule has 1 aromatic rings. The molecule has 0 radical (unpaired) electrons. The zero-order chi connectivity index (χ0) is 18.8. The van der Waals surface area contributed by atoms with E-state index < -0.39 is 9.85 Å². The van der Waals surface area contributed by atoms with Crippen LogP contribution >= 0.6 is 0 Å². The molecule has 1 spiro atoms. The van der Waals surface area contributed by atoms with Gasteiger partial charge in [0.2, 0.25) is 0 Å². The van der Waals surface area contributed by atoms with Crippen molar-refractivity contribution in [2.24, 2.45) is 15.9 Å². The van der Waals surface area contributed by atoms with Crippen LogP contribution in [0.4, 0.5) is 17.1 Å². The number of hydrazone groups is 1. The van der Waals surface area contributed by atoms with E-state index in [4.69, 9.17) is 4.74 Å². The van der Waals surface area contributed by atoms with Crippen LogP contribution in [0.1, 0.15) is 44.9 Å². The first-order valence-corrected chi connectivity index (χ1v) is 9.35. The van der Waals surface area contributed by atoms with Crippen molar-refractivity contribution in [1.82, 2.24) is 0 Å². The zero-order valence-electron chi connectivity index (χ0n) is 14.7. The van der Waals surface area contributed by atoms with Gasteiger partial charge in [0.1, 0.15) is 5.69 Å². The van der Waals surface area contributed by atoms with Crippen molar-refractivity contribution in [1.29, 1.82) is 0 Å². The number of nitro groups is 2. The van der Waals surface area contributed by atoms with Crippen LogP contribution in [-0.2, 0) is 4.74 Å². The van der Waals surface area contributed by atoms with E-state index in [2.05, 4.69) is 10.5 Å². The standard InChI is InChI=1S/C18H20N4O5/c23-21(24)11-3-4-12(14(7-11)22(25)26)19-20-13-8-17-5-1-2-6-18(17)9-15(13)27-16(18)10-17/h3-4,7,15-16,19H,1-2,5-6,8-10H2/b20-13+. The molecule has 142 valence electrons. The summed E-state index contributed by atoms with van der Waals surface area (Å²) in [5, 5.41) is 26.6. The van der Waals surface area contributed by atoms with Gasteiger partial charge in [-0.05, 0) is 43.6 Å². The fourth-order valence-corrected chi connectivity index (χ4v) is 5.97. The first-order valence-electron chi connectivity index (χ1n) is 9.35. The van der Waals surface area contributed by atoms with Crippen LogP contribution in [0.2, 0.25) is 0 Å². The highest BCUT2D eigenvalue weighted by atomic mass is 16.6. The maximum atomic E-state index is 11.3. The summed E-state index contributed by atoms with van der Waals surface area (Å²) in [6.45, 7) is 0. The first kappa shape index (κ1) is 16.6. The summed E-state index contributed by atoms with van der Waals surface area (Å²) in [5.74, 6) is 0. The molecule has 4 unspecified atom stereocenters. The van der Waals surface area contributed by atoms with Crippen LogP contribution in [0, 0.1) is 31.1 Å². The lowest BCUT2D eigenvalue weighted by atomic mass is 9.39. The summed E-state index contributed by atoms with van der Waals surface area (Å²) in [5.41, 5.74) is 3.80. The van der Waals surface area contributed by atoms with E-state index in [0.717, 1.165) is 31.0 Å². The van der Waals surface area contributed by atoms with Crippen LogP contribution in [-0.4, -0.2) is 27.8 Å². The van der Waals surface area contributed by atoms with E-state index >= 15 is 0 Å². The number of hydrogen-bond acceptors (Lipinski definition) is 7. The average Bonchev–Trinajstić information content (AvgIpc) is 2.78. The summed E-state index contributed by atoms with van der Waals surface area (Å²) in [6.07, 6.45) is 8.25. The van der Waals surface area contributed by atoms with Crippen molar-refractivity contribution < 1.29 is 14.6 Å². The number of nitrogens with zero attached hydrogens (tertiary/aromatic N) is 3. The largest absolute Gasteiger partial charge is 0.368 e. The van der Waals surface area contributed by atoms with E-state index in [-0.39, 0.29) is 28.6 Å². The molecule has 9 nitrogen and oxygen atoms in total. The molecule has 1 aliphatic heterocycles. The Morgan fingerprint density at radius 2 is 1.96 bits per heavy atom. The Kier molecular flexibility index (Phi) is 3.37. The number of ether oxygens (including phenoxy) is 1. The monoisotopic (exact) mass is 372 g/mol. The number of non-ortho nitro benzene ring substituents is 1. The lowest BCUT2D eigenvalue weighted by Crippen LogP contribution is -2.62. The van der Waals surface area contributed by atoms with Crippen LogP contribution in [0.3, 0.4) is 0 Å². The third-order valence-electron chi connectivity index (χ3n) is 7.26. The molecular formula is C18H20N4O5. The van der Waals surface area contributed by atoms with E-state index in [9.17, 15) is 20.2 Å². The number of nitro benzene ring substituents is 2. The Morgan fingerprint density at radius 3 is 2.74 bits per heavy atom. The predicted octanol–water partition coefficient (Wildman–Crippen LogP) is 3.78. The molecule has 0 aromatic heterocycles. The Bertz CT molecular complexity index is 887. The molecule has 1 heterocycles. The maximum absolute atomic E-state index is 11.3. The highest BCUT2D eigenvalue weighted by Crippen LogP contribution is 2.74. The van der Waals surface area contributed by atoms with Gasteiger partial charge in [-0.1, -0.05) is 12.8 Å². The normalized spacial score (nSPS) is 37.4. The summed E-state index contributed by atoms with van der Waals surface area (Å²) >= 11 is 0. The topological polar surface area (TPSA) is 120 Å². The Morgan fingerprint density at radius 1 is 1.15 bits per heavy atom. The third kappa shape index (κ3) is 2.17. The second-order valence-electron chi connectivity index (χ2n) is 8.27. The van der Waals surface area contributed by atoms with E-state index in [1.165, 1.54) is 37.8 Å². The average molecular weight is 372 g/mol. The Hall–Kier alpha value is -2.55. The lowest BCUT2D eigenvalue weighted by molar-refractivity contribution is -0.393. The van der Waals surface area contributed by atoms with Crippen molar-refractivity contribution in [3.8, 4) is 0 Å². The molecule has 1 saturated heterocycles. The lowest BCUT2D eigenvalue weighted by Gasteiger charge is -2.64. The number of hydrogen-bond donors (Lipinski definition) is 1. The molecule has 3 aliphatic carbocycles. The molecule has 2 bridgehead atoms. The van der Waals surface area contributed by atoms with Crippen molar-refractivity contribution in [3.05, 3.63) is 38.4 Å². The smallest absolute Gasteiger partial charge is 0.301 e. The number of fused-ring (bicyclic) bond motifs is 1. The van der Waals surface area contributed by atoms with Crippen LogP contribution in [0.5, 0.6) is 0 Å². The number of anilines is 1. The Balaban J connectivity index is 1.42. The zero-order valence-corrected chi connectivity index (χ0v) is 14.7. The molecule has 1 aromatic carbocycles. The number of benzene rings is 1. The van der Waals surface area contributed by atoms with Crippen LogP contribution in [0.15, 0.2) is 23.3 Å². The molecule has 3 saturated carbocycles. The minimum absolute atomic E-state index is 0.0201. The van der Waals surface area contributed by atoms with Gasteiger partial charge in [-0.3, -0.25) is 25.7 Å². The van der Waals surface area contributed by atoms with Gasteiger partial charge >= 0.3 is 5.69 Å². The van der Waals surface area contributed by atoms with Crippen LogP contribution < -0.4 is 5.43 Å². The van der Waals surface area contributed by atoms with Gasteiger partial charge < -0.3 is 4.74 Å². The molecule has 0 amide bonds. The third-order valence-corrected chi connectivity index (χ3v) is 7.26. The number of rotatable bonds is 4. The van der Waals surface area contributed by atoms with Crippen molar-refractivity contribution in [2.45, 2.75) is 57.2 Å². The molecule has 27 heavy (non-hydrogen) atoms. The van der Waals surface area contributed by atoms with Gasteiger partial charge in [0.25, 0.3) is 5.69 Å². The molecule has 1 N–H and O–H groups in total. The fourth-order valence-electron chi connectivity index (χ4n) is 5.97. The number of nitrogens with one attached hydrogen (secondary N) is 1. The highest BCUT2D eigenvalue weighted by Gasteiger charge is 2.73. The van der Waals surface area contributed by atoms with Gasteiger partial charge in [0, 0.05) is 11.5 Å². The van der Waals surface area contributed by atoms with Gasteiger partial charge in [0.15, 0.2) is 0 Å². The summed E-state index contributed by atoms with van der Waals surface area (Å²) < 4.78 is 6.24. The molecule has 9 heteroatoms. The molecule has 4 aliphatic rings. The fraction of sp³-hybridized carbons (Fsp3) is 0.611. The second kappa shape index (κ2) is 5.48. The van der Waals surface area contributed by atoms with Crippen molar-refractivity contribution in [3.63, 3.8) is 0 Å². The Labute approximate surface area is 155 Å². The SMILES string of the molecule is O=[N+]([O-])c1ccc(N/N=C2\CC34CCCCC35CC2OC5C4)c([N+](=O)[O-])c1. The maximum Gasteiger partial charge on any atom is 0.301 e. The van der Waals surface area contributed by atoms with Crippen molar-refractivity contribution >= 4 is 22.8 Å².